The molecule has 0 radical (unpaired) electrons. The van der Waals surface area contributed by atoms with Crippen LogP contribution >= 0.6 is 0 Å². The van der Waals surface area contributed by atoms with Crippen LogP contribution in [0.1, 0.15) is 16.1 Å². The Morgan fingerprint density at radius 2 is 1.68 bits per heavy atom. The van der Waals surface area contributed by atoms with Crippen molar-refractivity contribution in [3.8, 4) is 39.9 Å². The zero-order valence-corrected chi connectivity index (χ0v) is 21.5. The van der Waals surface area contributed by atoms with Gasteiger partial charge in [-0.05, 0) is 31.2 Å². The number of nitrogens with one attached hydrogen (secondary N) is 1. The van der Waals surface area contributed by atoms with E-state index in [0.29, 0.717) is 28.2 Å². The molecule has 0 saturated carbocycles. The number of benzene rings is 2. The number of carbonyl (C=O) groups excluding carboxylic acids is 1. The summed E-state index contributed by atoms with van der Waals surface area (Å²) in [4.78, 5) is 25.6. The van der Waals surface area contributed by atoms with Crippen molar-refractivity contribution in [1.82, 2.24) is 15.0 Å². The zero-order chi connectivity index (χ0) is 28.4. The number of amides is 1. The second-order valence-corrected chi connectivity index (χ2v) is 8.58. The summed E-state index contributed by atoms with van der Waals surface area (Å²) in [6.45, 7) is 1.58. The molecule has 5 aromatic rings. The third-order valence-corrected chi connectivity index (χ3v) is 6.09. The number of fused-ring (bicyclic) bond motifs is 1. The van der Waals surface area contributed by atoms with Gasteiger partial charge in [0.05, 0.1) is 25.9 Å². The predicted octanol–water partition coefficient (Wildman–Crippen LogP) is 6.05. The van der Waals surface area contributed by atoms with Crippen LogP contribution in [-0.4, -0.2) is 40.2 Å². The Balaban J connectivity index is 1.39. The molecule has 0 aliphatic carbocycles. The molecule has 0 atom stereocenters. The molecule has 0 bridgehead atoms. The van der Waals surface area contributed by atoms with Crippen LogP contribution in [0.5, 0.6) is 28.7 Å². The topological polar surface area (TPSA) is 116 Å². The lowest BCUT2D eigenvalue weighted by molar-refractivity contribution is 0.102. The first-order valence-corrected chi connectivity index (χ1v) is 11.9. The van der Waals surface area contributed by atoms with Gasteiger partial charge in [-0.25, -0.2) is 13.8 Å². The lowest BCUT2D eigenvalue weighted by Crippen LogP contribution is -2.13. The van der Waals surface area contributed by atoms with E-state index in [0.717, 1.165) is 18.3 Å². The summed E-state index contributed by atoms with van der Waals surface area (Å²) in [6.07, 6.45) is 4.16. The Kier molecular flexibility index (Phi) is 7.11. The molecule has 2 N–H and O–H groups in total. The van der Waals surface area contributed by atoms with Gasteiger partial charge in [0.2, 0.25) is 0 Å². The highest BCUT2D eigenvalue weighted by Gasteiger charge is 2.22. The first-order chi connectivity index (χ1) is 19.3. The maximum atomic E-state index is 15.0. The molecule has 5 rings (SSSR count). The quantitative estimate of drug-likeness (QED) is 0.255. The molecule has 0 aliphatic heterocycles. The minimum Gasteiger partial charge on any atom is -0.506 e. The average molecular weight is 545 g/mol. The van der Waals surface area contributed by atoms with Gasteiger partial charge in [-0.3, -0.25) is 14.8 Å². The fourth-order valence-corrected chi connectivity index (χ4v) is 4.07. The third-order valence-electron chi connectivity index (χ3n) is 6.09. The number of carbonyl (C=O) groups is 1. The van der Waals surface area contributed by atoms with E-state index in [2.05, 4.69) is 20.3 Å². The minimum absolute atomic E-state index is 0.0436. The molecule has 0 aliphatic rings. The number of anilines is 1. The van der Waals surface area contributed by atoms with E-state index < -0.39 is 23.3 Å². The highest BCUT2D eigenvalue weighted by Crippen LogP contribution is 2.37. The highest BCUT2D eigenvalue weighted by atomic mass is 19.1. The number of rotatable bonds is 7. The van der Waals surface area contributed by atoms with Crippen LogP contribution in [0.2, 0.25) is 0 Å². The van der Waals surface area contributed by atoms with Gasteiger partial charge in [-0.2, -0.15) is 0 Å². The molecule has 0 saturated heterocycles. The van der Waals surface area contributed by atoms with Crippen molar-refractivity contribution >= 4 is 22.6 Å². The lowest BCUT2D eigenvalue weighted by atomic mass is 10.00. The molecule has 2 aromatic carbocycles. The smallest absolute Gasteiger partial charge is 0.261 e. The summed E-state index contributed by atoms with van der Waals surface area (Å²) in [5.41, 5.74) is 1.19. The largest absolute Gasteiger partial charge is 0.506 e. The number of hydrogen-bond acceptors (Lipinski definition) is 8. The van der Waals surface area contributed by atoms with E-state index in [-0.39, 0.29) is 33.9 Å². The van der Waals surface area contributed by atoms with Crippen molar-refractivity contribution in [3.05, 3.63) is 90.0 Å². The van der Waals surface area contributed by atoms with Crippen LogP contribution in [0, 0.1) is 18.6 Å². The second kappa shape index (κ2) is 10.8. The Bertz CT molecular complexity index is 1760. The molecule has 40 heavy (non-hydrogen) atoms. The maximum Gasteiger partial charge on any atom is 0.261 e. The summed E-state index contributed by atoms with van der Waals surface area (Å²) >= 11 is 0. The van der Waals surface area contributed by atoms with Gasteiger partial charge in [0.1, 0.15) is 34.1 Å². The third kappa shape index (κ3) is 5.04. The van der Waals surface area contributed by atoms with Gasteiger partial charge in [-0.15, -0.1) is 0 Å². The molecule has 1 amide bonds. The van der Waals surface area contributed by atoms with Gasteiger partial charge in [0.15, 0.2) is 17.3 Å². The highest BCUT2D eigenvalue weighted by molar-refractivity contribution is 6.07. The van der Waals surface area contributed by atoms with Crippen molar-refractivity contribution in [2.75, 3.05) is 19.5 Å². The Morgan fingerprint density at radius 1 is 0.875 bits per heavy atom. The molecule has 0 fully saturated rings. The summed E-state index contributed by atoms with van der Waals surface area (Å²) < 4.78 is 45.6. The summed E-state index contributed by atoms with van der Waals surface area (Å²) in [5, 5.41) is 13.4. The second-order valence-electron chi connectivity index (χ2n) is 8.58. The van der Waals surface area contributed by atoms with Gasteiger partial charge in [0.25, 0.3) is 5.91 Å². The Morgan fingerprint density at radius 3 is 2.40 bits per heavy atom. The number of methoxy groups -OCH3 is 2. The van der Waals surface area contributed by atoms with Gasteiger partial charge < -0.3 is 24.6 Å². The van der Waals surface area contributed by atoms with E-state index in [1.165, 1.54) is 50.9 Å². The molecule has 3 heterocycles. The van der Waals surface area contributed by atoms with E-state index in [9.17, 15) is 18.7 Å². The lowest BCUT2D eigenvalue weighted by Gasteiger charge is -2.14. The number of hydrogen-bond donors (Lipinski definition) is 2. The fraction of sp³-hybridized carbons (Fsp3) is 0.103. The standard InChI is InChI=1S/C29H22F2N4O5/c1-15-26(19-6-5-17(38-2)11-21(19)30)28(36)20(14-33-15)29(37)35-16-4-7-24(22(31)10-16)40-25-8-9-32-23-12-18(39-3)13-34-27(23)25/h4-14H,1-3H3,(H,33,36)(H,35,37). The number of ether oxygens (including phenoxy) is 3. The van der Waals surface area contributed by atoms with Crippen LogP contribution in [0.25, 0.3) is 22.2 Å². The first-order valence-electron chi connectivity index (χ1n) is 11.9. The van der Waals surface area contributed by atoms with Gasteiger partial charge in [-0.1, -0.05) is 0 Å². The van der Waals surface area contributed by atoms with Crippen LogP contribution in [-0.2, 0) is 0 Å². The number of aromatic hydroxyl groups is 1. The van der Waals surface area contributed by atoms with E-state index in [1.807, 2.05) is 0 Å². The van der Waals surface area contributed by atoms with Gasteiger partial charge in [0, 0.05) is 59.2 Å². The van der Waals surface area contributed by atoms with Crippen LogP contribution in [0.3, 0.4) is 0 Å². The molecular weight excluding hydrogens is 522 g/mol. The van der Waals surface area contributed by atoms with Crippen molar-refractivity contribution in [1.29, 1.82) is 0 Å². The van der Waals surface area contributed by atoms with E-state index in [4.69, 9.17) is 14.2 Å². The minimum atomic E-state index is -0.772. The maximum absolute atomic E-state index is 15.0. The van der Waals surface area contributed by atoms with Crippen molar-refractivity contribution in [2.45, 2.75) is 6.92 Å². The van der Waals surface area contributed by atoms with E-state index in [1.54, 1.807) is 19.1 Å². The SMILES string of the molecule is COc1ccc(-c2c(C)ncc(C(=O)Nc3ccc(Oc4ccnc5cc(OC)cnc45)c(F)c3)c2O)c(F)c1. The van der Waals surface area contributed by atoms with Crippen LogP contribution in [0.15, 0.2) is 67.1 Å². The average Bonchev–Trinajstić information content (AvgIpc) is 2.95. The number of pyridine rings is 3. The van der Waals surface area contributed by atoms with Crippen LogP contribution in [0.4, 0.5) is 14.5 Å². The molecule has 0 unspecified atom stereocenters. The molecular formula is C29H22F2N4O5. The first kappa shape index (κ1) is 26.3. The summed E-state index contributed by atoms with van der Waals surface area (Å²) in [7, 11) is 2.91. The predicted molar refractivity (Wildman–Crippen MR) is 143 cm³/mol. The van der Waals surface area contributed by atoms with E-state index >= 15 is 0 Å². The normalized spacial score (nSPS) is 10.8. The Hall–Kier alpha value is -5.32. The monoisotopic (exact) mass is 544 g/mol. The summed E-state index contributed by atoms with van der Waals surface area (Å²) in [6, 6.07) is 11.2. The number of aryl methyl sites for hydroxylation is 1. The zero-order valence-electron chi connectivity index (χ0n) is 21.5. The van der Waals surface area contributed by atoms with Crippen molar-refractivity contribution in [3.63, 3.8) is 0 Å². The van der Waals surface area contributed by atoms with Crippen molar-refractivity contribution < 1.29 is 32.9 Å². The number of halogens is 2. The molecule has 202 valence electrons. The molecule has 0 spiro atoms. The number of aromatic nitrogens is 3. The van der Waals surface area contributed by atoms with Crippen LogP contribution < -0.4 is 19.5 Å². The molecule has 11 heteroatoms. The molecule has 9 nitrogen and oxygen atoms in total. The van der Waals surface area contributed by atoms with Crippen molar-refractivity contribution in [2.24, 2.45) is 0 Å². The van der Waals surface area contributed by atoms with Gasteiger partial charge >= 0.3 is 0 Å². The number of nitrogens with zero attached hydrogens (tertiary/aromatic N) is 3. The fourth-order valence-electron chi connectivity index (χ4n) is 4.07. The Labute approximate surface area is 227 Å². The summed E-state index contributed by atoms with van der Waals surface area (Å²) in [5.74, 6) is -1.69. The molecule has 3 aromatic heterocycles.